The van der Waals surface area contributed by atoms with Gasteiger partial charge in [-0.05, 0) is 26.8 Å². The third-order valence-corrected chi connectivity index (χ3v) is 2.82. The molecule has 0 aromatic rings. The molecule has 0 aromatic carbocycles. The van der Waals surface area contributed by atoms with Crippen LogP contribution in [0.5, 0.6) is 0 Å². The van der Waals surface area contributed by atoms with E-state index in [1.807, 2.05) is 18.7 Å². The molecule has 0 aromatic heterocycles. The van der Waals surface area contributed by atoms with Crippen LogP contribution in [0.1, 0.15) is 26.7 Å². The highest BCUT2D eigenvalue weighted by atomic mass is 16.5. The molecule has 1 fully saturated rings. The smallest absolute Gasteiger partial charge is 0.225 e. The predicted octanol–water partition coefficient (Wildman–Crippen LogP) is 0.623. The van der Waals surface area contributed by atoms with Crippen LogP contribution in [0.15, 0.2) is 0 Å². The summed E-state index contributed by atoms with van der Waals surface area (Å²) in [5.41, 5.74) is -0.350. The molecule has 1 rings (SSSR count). The monoisotopic (exact) mass is 214 g/mol. The minimum Gasteiger partial charge on any atom is -0.378 e. The Morgan fingerprint density at radius 3 is 2.80 bits per heavy atom. The molecule has 1 amide bonds. The summed E-state index contributed by atoms with van der Waals surface area (Å²) in [5, 5.41) is 3.28. The van der Waals surface area contributed by atoms with Crippen molar-refractivity contribution < 1.29 is 9.53 Å². The Hall–Kier alpha value is -0.610. The number of ether oxygens (including phenoxy) is 1. The van der Waals surface area contributed by atoms with E-state index in [-0.39, 0.29) is 11.5 Å². The molecule has 0 atom stereocenters. The molecule has 1 aliphatic heterocycles. The van der Waals surface area contributed by atoms with Gasteiger partial charge in [0.2, 0.25) is 5.91 Å². The summed E-state index contributed by atoms with van der Waals surface area (Å²) in [5.74, 6) is 0.200. The maximum absolute atomic E-state index is 11.9. The van der Waals surface area contributed by atoms with Gasteiger partial charge in [-0.15, -0.1) is 0 Å². The molecule has 0 bridgehead atoms. The first-order chi connectivity index (χ1) is 7.05. The minimum absolute atomic E-state index is 0.200. The van der Waals surface area contributed by atoms with Crippen LogP contribution in [0.2, 0.25) is 0 Å². The van der Waals surface area contributed by atoms with Crippen LogP contribution in [0, 0.1) is 0 Å². The zero-order chi connectivity index (χ0) is 11.3. The lowest BCUT2D eigenvalue weighted by molar-refractivity contribution is -0.136. The van der Waals surface area contributed by atoms with E-state index in [4.69, 9.17) is 4.74 Å². The largest absolute Gasteiger partial charge is 0.378 e. The number of amides is 1. The number of nitrogens with zero attached hydrogens (tertiary/aromatic N) is 1. The van der Waals surface area contributed by atoms with Crippen molar-refractivity contribution in [1.82, 2.24) is 10.2 Å². The summed E-state index contributed by atoms with van der Waals surface area (Å²) >= 11 is 0. The van der Waals surface area contributed by atoms with Gasteiger partial charge in [-0.1, -0.05) is 0 Å². The van der Waals surface area contributed by atoms with Gasteiger partial charge in [0, 0.05) is 26.7 Å². The lowest BCUT2D eigenvalue weighted by Gasteiger charge is -2.27. The standard InChI is InChI=1S/C11H22N2O2/c1-11(2,15-3)9-10(14)13-7-4-5-12-6-8-13/h12H,4-9H2,1-3H3. The minimum atomic E-state index is -0.350. The molecule has 0 spiro atoms. The van der Waals surface area contributed by atoms with E-state index in [0.717, 1.165) is 32.6 Å². The number of carbonyl (C=O) groups is 1. The van der Waals surface area contributed by atoms with Crippen molar-refractivity contribution in [1.29, 1.82) is 0 Å². The van der Waals surface area contributed by atoms with Gasteiger partial charge in [0.05, 0.1) is 12.0 Å². The van der Waals surface area contributed by atoms with E-state index < -0.39 is 0 Å². The Labute approximate surface area is 92.0 Å². The second kappa shape index (κ2) is 5.47. The zero-order valence-corrected chi connectivity index (χ0v) is 10.0. The van der Waals surface area contributed by atoms with E-state index in [1.165, 1.54) is 0 Å². The summed E-state index contributed by atoms with van der Waals surface area (Å²) in [6, 6.07) is 0. The van der Waals surface area contributed by atoms with Crippen LogP contribution in [0.4, 0.5) is 0 Å². The number of hydrogen-bond donors (Lipinski definition) is 1. The number of hydrogen-bond acceptors (Lipinski definition) is 3. The predicted molar refractivity (Wildman–Crippen MR) is 59.8 cm³/mol. The third-order valence-electron chi connectivity index (χ3n) is 2.82. The summed E-state index contributed by atoms with van der Waals surface area (Å²) in [6.07, 6.45) is 1.50. The van der Waals surface area contributed by atoms with Crippen molar-refractivity contribution in [2.75, 3.05) is 33.3 Å². The van der Waals surface area contributed by atoms with E-state index >= 15 is 0 Å². The molecule has 4 nitrogen and oxygen atoms in total. The van der Waals surface area contributed by atoms with Crippen molar-refractivity contribution in [3.05, 3.63) is 0 Å². The molecular weight excluding hydrogens is 192 g/mol. The summed E-state index contributed by atoms with van der Waals surface area (Å²) in [7, 11) is 1.65. The Bertz CT molecular complexity index is 209. The van der Waals surface area contributed by atoms with Crippen LogP contribution >= 0.6 is 0 Å². The van der Waals surface area contributed by atoms with Crippen LogP contribution in [0.25, 0.3) is 0 Å². The van der Waals surface area contributed by atoms with Crippen LogP contribution in [0.3, 0.4) is 0 Å². The van der Waals surface area contributed by atoms with Crippen LogP contribution < -0.4 is 5.32 Å². The second-order valence-corrected chi connectivity index (χ2v) is 4.62. The average Bonchev–Trinajstić information content (AvgIpc) is 2.45. The van der Waals surface area contributed by atoms with Gasteiger partial charge in [0.25, 0.3) is 0 Å². The summed E-state index contributed by atoms with van der Waals surface area (Å²) in [6.45, 7) is 7.49. The van der Waals surface area contributed by atoms with E-state index in [2.05, 4.69) is 5.32 Å². The summed E-state index contributed by atoms with van der Waals surface area (Å²) in [4.78, 5) is 13.9. The maximum Gasteiger partial charge on any atom is 0.225 e. The molecule has 0 saturated carbocycles. The van der Waals surface area contributed by atoms with Gasteiger partial charge < -0.3 is 15.0 Å². The Morgan fingerprint density at radius 2 is 2.13 bits per heavy atom. The Kier molecular flexibility index (Phi) is 4.54. The SMILES string of the molecule is COC(C)(C)CC(=O)N1CCCNCC1. The molecule has 1 aliphatic rings. The molecule has 1 heterocycles. The lowest BCUT2D eigenvalue weighted by Crippen LogP contribution is -2.39. The molecule has 4 heteroatoms. The quantitative estimate of drug-likeness (QED) is 0.749. The Morgan fingerprint density at radius 1 is 1.40 bits per heavy atom. The van der Waals surface area contributed by atoms with Crippen molar-refractivity contribution >= 4 is 5.91 Å². The second-order valence-electron chi connectivity index (χ2n) is 4.62. The first kappa shape index (κ1) is 12.5. The first-order valence-electron chi connectivity index (χ1n) is 5.59. The van der Waals surface area contributed by atoms with Gasteiger partial charge in [-0.25, -0.2) is 0 Å². The van der Waals surface area contributed by atoms with Gasteiger partial charge in [0.15, 0.2) is 0 Å². The number of nitrogens with one attached hydrogen (secondary N) is 1. The van der Waals surface area contributed by atoms with Crippen LogP contribution in [-0.2, 0) is 9.53 Å². The molecular formula is C11H22N2O2. The fourth-order valence-electron chi connectivity index (χ4n) is 1.64. The average molecular weight is 214 g/mol. The maximum atomic E-state index is 11.9. The van der Waals surface area contributed by atoms with Crippen molar-refractivity contribution in [3.8, 4) is 0 Å². The van der Waals surface area contributed by atoms with E-state index in [1.54, 1.807) is 7.11 Å². The highest BCUT2D eigenvalue weighted by Crippen LogP contribution is 2.15. The molecule has 0 aliphatic carbocycles. The number of rotatable bonds is 3. The lowest BCUT2D eigenvalue weighted by atomic mass is 10.0. The molecule has 1 N–H and O–H groups in total. The molecule has 15 heavy (non-hydrogen) atoms. The van der Waals surface area contributed by atoms with Crippen LogP contribution in [-0.4, -0.2) is 49.7 Å². The number of carbonyl (C=O) groups excluding carboxylic acids is 1. The molecule has 88 valence electrons. The third kappa shape index (κ3) is 4.18. The van der Waals surface area contributed by atoms with Crippen molar-refractivity contribution in [2.45, 2.75) is 32.3 Å². The normalized spacial score (nSPS) is 18.7. The fraction of sp³-hybridized carbons (Fsp3) is 0.909. The van der Waals surface area contributed by atoms with Crippen molar-refractivity contribution in [3.63, 3.8) is 0 Å². The van der Waals surface area contributed by atoms with Gasteiger partial charge in [-0.2, -0.15) is 0 Å². The Balaban J connectivity index is 2.44. The highest BCUT2D eigenvalue weighted by molar-refractivity contribution is 5.77. The number of methoxy groups -OCH3 is 1. The van der Waals surface area contributed by atoms with Gasteiger partial charge in [-0.3, -0.25) is 4.79 Å². The topological polar surface area (TPSA) is 41.6 Å². The van der Waals surface area contributed by atoms with Crippen molar-refractivity contribution in [2.24, 2.45) is 0 Å². The molecule has 0 unspecified atom stereocenters. The molecule has 0 radical (unpaired) electrons. The molecule has 1 saturated heterocycles. The fourth-order valence-corrected chi connectivity index (χ4v) is 1.64. The summed E-state index contributed by atoms with van der Waals surface area (Å²) < 4.78 is 5.27. The highest BCUT2D eigenvalue weighted by Gasteiger charge is 2.24. The van der Waals surface area contributed by atoms with Gasteiger partial charge >= 0.3 is 0 Å². The van der Waals surface area contributed by atoms with E-state index in [0.29, 0.717) is 6.42 Å². The van der Waals surface area contributed by atoms with Gasteiger partial charge in [0.1, 0.15) is 0 Å². The zero-order valence-electron chi connectivity index (χ0n) is 10.0. The first-order valence-corrected chi connectivity index (χ1v) is 5.59. The van der Waals surface area contributed by atoms with E-state index in [9.17, 15) is 4.79 Å².